The average Bonchev–Trinajstić information content (AvgIpc) is 2.99. The largest absolute Gasteiger partial charge is 0.486 e. The van der Waals surface area contributed by atoms with Gasteiger partial charge in [0, 0.05) is 25.2 Å². The van der Waals surface area contributed by atoms with Crippen LogP contribution >= 0.6 is 0 Å². The van der Waals surface area contributed by atoms with Crippen molar-refractivity contribution < 1.29 is 41.0 Å². The van der Waals surface area contributed by atoms with Crippen LogP contribution in [0.3, 0.4) is 0 Å². The minimum atomic E-state index is -4.53. The Morgan fingerprint density at radius 3 is 2.34 bits per heavy atom. The molecule has 0 radical (unpaired) electrons. The van der Waals surface area contributed by atoms with E-state index < -0.39 is 51.8 Å². The summed E-state index contributed by atoms with van der Waals surface area (Å²) in [5, 5.41) is 14.9. The van der Waals surface area contributed by atoms with E-state index in [1.807, 2.05) is 0 Å². The van der Waals surface area contributed by atoms with Gasteiger partial charge in [0.1, 0.15) is 6.10 Å². The molecule has 1 aliphatic rings. The number of carbonyl (C=O) groups is 2. The minimum Gasteiger partial charge on any atom is -0.486 e. The van der Waals surface area contributed by atoms with Crippen LogP contribution in [-0.4, -0.2) is 73.6 Å². The highest BCUT2D eigenvalue weighted by Gasteiger charge is 2.36. The number of benzene rings is 3. The zero-order chi connectivity index (χ0) is 32.2. The smallest absolute Gasteiger partial charge is 0.416 e. The van der Waals surface area contributed by atoms with Crippen molar-refractivity contribution in [2.24, 2.45) is 5.92 Å². The van der Waals surface area contributed by atoms with Crippen molar-refractivity contribution in [1.82, 2.24) is 9.21 Å². The zero-order valence-corrected chi connectivity index (χ0v) is 25.0. The second-order valence-corrected chi connectivity index (χ2v) is 12.6. The molecule has 0 unspecified atom stereocenters. The highest BCUT2D eigenvalue weighted by Crippen LogP contribution is 2.35. The normalized spacial score (nSPS) is 18.1. The van der Waals surface area contributed by atoms with Crippen molar-refractivity contribution in [3.8, 4) is 5.75 Å². The Morgan fingerprint density at radius 2 is 1.73 bits per heavy atom. The minimum absolute atomic E-state index is 0.0164. The number of rotatable bonds is 8. The van der Waals surface area contributed by atoms with Crippen LogP contribution in [0.4, 0.5) is 29.3 Å². The van der Waals surface area contributed by atoms with Crippen molar-refractivity contribution in [2.75, 3.05) is 37.4 Å². The summed E-state index contributed by atoms with van der Waals surface area (Å²) in [7, 11) is -2.48. The van der Waals surface area contributed by atoms with Crippen LogP contribution in [0.1, 0.15) is 29.8 Å². The van der Waals surface area contributed by atoms with Gasteiger partial charge in [0.2, 0.25) is 10.0 Å². The average molecular weight is 635 g/mol. The molecule has 0 aliphatic carbocycles. The van der Waals surface area contributed by atoms with Gasteiger partial charge in [-0.25, -0.2) is 13.2 Å². The van der Waals surface area contributed by atoms with Gasteiger partial charge in [0.25, 0.3) is 5.91 Å². The number of nitrogens with zero attached hydrogens (tertiary/aromatic N) is 2. The molecule has 14 heteroatoms. The number of fused-ring (bicyclic) bond motifs is 1. The number of nitrogens with one attached hydrogen (secondary N) is 2. The van der Waals surface area contributed by atoms with Gasteiger partial charge in [-0.15, -0.1) is 0 Å². The number of ether oxygens (including phenoxy) is 1. The Labute approximate surface area is 253 Å². The van der Waals surface area contributed by atoms with E-state index in [0.717, 1.165) is 28.6 Å². The molecule has 3 aromatic carbocycles. The number of sulfonamides is 1. The Kier molecular flexibility index (Phi) is 9.86. The van der Waals surface area contributed by atoms with Crippen LogP contribution in [0.15, 0.2) is 77.7 Å². The van der Waals surface area contributed by atoms with E-state index in [2.05, 4.69) is 10.6 Å². The number of amides is 3. The molecule has 1 aliphatic heterocycles. The van der Waals surface area contributed by atoms with E-state index in [0.29, 0.717) is 0 Å². The van der Waals surface area contributed by atoms with Gasteiger partial charge in [0.05, 0.1) is 40.9 Å². The summed E-state index contributed by atoms with van der Waals surface area (Å²) in [6.07, 6.45) is -5.34. The molecular formula is C30H33F3N4O6S. The number of alkyl halides is 3. The molecule has 0 spiro atoms. The quantitative estimate of drug-likeness (QED) is 0.324. The van der Waals surface area contributed by atoms with Gasteiger partial charge in [-0.3, -0.25) is 4.79 Å². The van der Waals surface area contributed by atoms with Crippen molar-refractivity contribution in [1.29, 1.82) is 0 Å². The van der Waals surface area contributed by atoms with Gasteiger partial charge < -0.3 is 25.4 Å². The lowest BCUT2D eigenvalue weighted by Gasteiger charge is -2.38. The Bertz CT molecular complexity index is 1590. The van der Waals surface area contributed by atoms with Gasteiger partial charge in [-0.1, -0.05) is 31.2 Å². The molecule has 0 fully saturated rings. The summed E-state index contributed by atoms with van der Waals surface area (Å²) < 4.78 is 72.8. The first-order valence-electron chi connectivity index (χ1n) is 13.7. The molecule has 0 saturated carbocycles. The number of halogens is 3. The molecule has 0 bridgehead atoms. The summed E-state index contributed by atoms with van der Waals surface area (Å²) in [5.74, 6) is -0.912. The van der Waals surface area contributed by atoms with E-state index >= 15 is 0 Å². The molecule has 10 nitrogen and oxygen atoms in total. The van der Waals surface area contributed by atoms with E-state index in [-0.39, 0.29) is 47.3 Å². The van der Waals surface area contributed by atoms with Crippen molar-refractivity contribution in [2.45, 2.75) is 37.1 Å². The van der Waals surface area contributed by atoms with Crippen LogP contribution in [-0.2, 0) is 16.2 Å². The Hall–Kier alpha value is -4.14. The third kappa shape index (κ3) is 7.31. The summed E-state index contributed by atoms with van der Waals surface area (Å²) >= 11 is 0. The molecule has 3 aromatic rings. The maximum absolute atomic E-state index is 13.7. The first kappa shape index (κ1) is 32.8. The summed E-state index contributed by atoms with van der Waals surface area (Å²) in [4.78, 5) is 28.1. The second kappa shape index (κ2) is 13.2. The number of hydrogen-bond acceptors (Lipinski definition) is 6. The fraction of sp³-hybridized carbons (Fsp3) is 0.333. The van der Waals surface area contributed by atoms with E-state index in [1.54, 1.807) is 32.0 Å². The molecular weight excluding hydrogens is 601 g/mol. The van der Waals surface area contributed by atoms with Crippen LogP contribution in [0.2, 0.25) is 0 Å². The maximum Gasteiger partial charge on any atom is 0.416 e. The standard InChI is InChI=1S/C30H33F3N4O6S/c1-19-16-37(20(2)18-38)28(39)24-10-7-11-25(35-29(40)34-22-14-12-21(13-15-22)30(31,32)33)27(24)43-26(19)17-36(3)44(41,42)23-8-5-4-6-9-23/h4-15,19-20,26,38H,16-18H2,1-3H3,(H2,34,35,40)/t19-,20-,26-/m1/s1. The maximum atomic E-state index is 13.7. The highest BCUT2D eigenvalue weighted by molar-refractivity contribution is 7.89. The molecule has 0 saturated heterocycles. The van der Waals surface area contributed by atoms with E-state index in [9.17, 15) is 36.3 Å². The molecule has 3 atom stereocenters. The number of aliphatic hydroxyl groups is 1. The predicted octanol–water partition coefficient (Wildman–Crippen LogP) is 4.89. The number of para-hydroxylation sites is 1. The molecule has 3 N–H and O–H groups in total. The van der Waals surface area contributed by atoms with Gasteiger partial charge >= 0.3 is 12.2 Å². The van der Waals surface area contributed by atoms with E-state index in [4.69, 9.17) is 4.74 Å². The van der Waals surface area contributed by atoms with Crippen molar-refractivity contribution in [3.63, 3.8) is 0 Å². The van der Waals surface area contributed by atoms with Crippen molar-refractivity contribution >= 4 is 33.3 Å². The fourth-order valence-corrected chi connectivity index (χ4v) is 5.91. The number of urea groups is 1. The zero-order valence-electron chi connectivity index (χ0n) is 24.2. The lowest BCUT2D eigenvalue weighted by molar-refractivity contribution is -0.137. The number of carbonyl (C=O) groups excluding carboxylic acids is 2. The van der Waals surface area contributed by atoms with Gasteiger partial charge in [0.15, 0.2) is 5.75 Å². The predicted molar refractivity (Wildman–Crippen MR) is 158 cm³/mol. The molecule has 236 valence electrons. The third-order valence-corrected chi connectivity index (χ3v) is 9.14. The summed E-state index contributed by atoms with van der Waals surface area (Å²) in [5.41, 5.74) is -0.637. The molecule has 1 heterocycles. The lowest BCUT2D eigenvalue weighted by Crippen LogP contribution is -2.50. The molecule has 0 aromatic heterocycles. The topological polar surface area (TPSA) is 128 Å². The van der Waals surface area contributed by atoms with Gasteiger partial charge in [-0.05, 0) is 55.5 Å². The van der Waals surface area contributed by atoms with Crippen LogP contribution in [0, 0.1) is 5.92 Å². The first-order valence-corrected chi connectivity index (χ1v) is 15.1. The monoisotopic (exact) mass is 634 g/mol. The van der Waals surface area contributed by atoms with Crippen molar-refractivity contribution in [3.05, 3.63) is 83.9 Å². The number of anilines is 2. The molecule has 3 amide bonds. The number of aliphatic hydroxyl groups excluding tert-OH is 1. The van der Waals surface area contributed by atoms with Crippen LogP contribution < -0.4 is 15.4 Å². The highest BCUT2D eigenvalue weighted by atomic mass is 32.2. The number of likely N-dealkylation sites (N-methyl/N-ethyl adjacent to an activating group) is 1. The summed E-state index contributed by atoms with van der Waals surface area (Å²) in [6, 6.07) is 14.8. The lowest BCUT2D eigenvalue weighted by atomic mass is 9.99. The Morgan fingerprint density at radius 1 is 1.07 bits per heavy atom. The van der Waals surface area contributed by atoms with Crippen LogP contribution in [0.5, 0.6) is 5.75 Å². The second-order valence-electron chi connectivity index (χ2n) is 10.6. The molecule has 44 heavy (non-hydrogen) atoms. The van der Waals surface area contributed by atoms with E-state index in [1.165, 1.54) is 42.3 Å². The molecule has 4 rings (SSSR count). The fourth-order valence-electron chi connectivity index (χ4n) is 4.71. The van der Waals surface area contributed by atoms with Crippen LogP contribution in [0.25, 0.3) is 0 Å². The SMILES string of the molecule is C[C@@H]1CN([C@H](C)CO)C(=O)c2cccc(NC(=O)Nc3ccc(C(F)(F)F)cc3)c2O[C@@H]1CN(C)S(=O)(=O)c1ccccc1. The Balaban J connectivity index is 1.65. The number of hydrogen-bond donors (Lipinski definition) is 3. The first-order chi connectivity index (χ1) is 20.7. The van der Waals surface area contributed by atoms with Gasteiger partial charge in [-0.2, -0.15) is 17.5 Å². The summed E-state index contributed by atoms with van der Waals surface area (Å²) in [6.45, 7) is 3.17. The third-order valence-electron chi connectivity index (χ3n) is 7.30.